The molecule has 100 valence electrons. The second-order valence-electron chi connectivity index (χ2n) is 4.15. The van der Waals surface area contributed by atoms with E-state index in [0.29, 0.717) is 0 Å². The Morgan fingerprint density at radius 2 is 1.12 bits per heavy atom. The summed E-state index contributed by atoms with van der Waals surface area (Å²) < 4.78 is 84.6. The van der Waals surface area contributed by atoms with Crippen LogP contribution in [0.3, 0.4) is 0 Å². The molecule has 0 rings (SSSR count). The van der Waals surface area contributed by atoms with Crippen molar-refractivity contribution in [3.63, 3.8) is 0 Å². The van der Waals surface area contributed by atoms with Gasteiger partial charge in [-0.2, -0.15) is 22.0 Å². The van der Waals surface area contributed by atoms with E-state index in [2.05, 4.69) is 28.2 Å². The smallest absolute Gasteiger partial charge is 0.468 e. The van der Waals surface area contributed by atoms with Gasteiger partial charge in [-0.25, -0.2) is 8.42 Å². The van der Waals surface area contributed by atoms with Crippen molar-refractivity contribution in [2.45, 2.75) is 11.4 Å². The van der Waals surface area contributed by atoms with Crippen LogP contribution < -0.4 is 0 Å². The van der Waals surface area contributed by atoms with Crippen LogP contribution in [-0.4, -0.2) is 57.1 Å². The molecule has 0 N–H and O–H groups in total. The third kappa shape index (κ3) is 6.90. The lowest BCUT2D eigenvalue weighted by Gasteiger charge is -2.21. The highest BCUT2D eigenvalue weighted by atomic mass is 32.2. The normalized spacial score (nSPS) is 14.1. The quantitative estimate of drug-likeness (QED) is 0.407. The molecule has 0 radical (unpaired) electrons. The lowest BCUT2D eigenvalue weighted by Crippen LogP contribution is -2.43. The van der Waals surface area contributed by atoms with Gasteiger partial charge in [0.05, 0.1) is 28.2 Å². The van der Waals surface area contributed by atoms with Gasteiger partial charge in [0.25, 0.3) is 0 Å². The van der Waals surface area contributed by atoms with Gasteiger partial charge in [0.2, 0.25) is 0 Å². The van der Waals surface area contributed by atoms with Crippen LogP contribution >= 0.6 is 0 Å². The summed E-state index contributed by atoms with van der Waals surface area (Å²) in [6.45, 7) is 0. The van der Waals surface area contributed by atoms with Crippen molar-refractivity contribution in [2.24, 2.45) is 0 Å². The zero-order chi connectivity index (χ0) is 14.0. The number of hydrogen-bond acceptors (Lipinski definition) is 3. The largest absolute Gasteiger partial charge is 0.743 e. The molecular weight excluding hydrogens is 261 g/mol. The summed E-state index contributed by atoms with van der Waals surface area (Å²) >= 11 is 0. The van der Waals surface area contributed by atoms with Crippen LogP contribution in [0, 0.1) is 0 Å². The van der Waals surface area contributed by atoms with Crippen molar-refractivity contribution in [1.82, 2.24) is 0 Å². The van der Waals surface area contributed by atoms with Crippen LogP contribution in [0.15, 0.2) is 0 Å². The van der Waals surface area contributed by atoms with Gasteiger partial charge in [-0.15, -0.1) is 0 Å². The van der Waals surface area contributed by atoms with Crippen molar-refractivity contribution in [3.05, 3.63) is 0 Å². The Kier molecular flexibility index (Phi) is 5.37. The van der Waals surface area contributed by atoms with Crippen molar-refractivity contribution < 1.29 is 39.4 Å². The maximum Gasteiger partial charge on any atom is 0.468 e. The van der Waals surface area contributed by atoms with Gasteiger partial charge in [-0.1, -0.05) is 0 Å². The second-order valence-corrected chi connectivity index (χ2v) is 5.57. The van der Waals surface area contributed by atoms with E-state index < -0.39 is 21.5 Å². The Hall–Kier alpha value is -0.480. The Bertz CT molecular complexity index is 310. The fourth-order valence-electron chi connectivity index (χ4n) is 0.142. The number of hydrogen-bond donors (Lipinski definition) is 0. The fourth-order valence-corrected chi connectivity index (χ4v) is 0.425. The van der Waals surface area contributed by atoms with Crippen LogP contribution in [0.2, 0.25) is 0 Å². The maximum atomic E-state index is 11.4. The molecule has 0 saturated carbocycles. The van der Waals surface area contributed by atoms with Crippen molar-refractivity contribution in [1.29, 1.82) is 0 Å². The third-order valence-electron chi connectivity index (χ3n) is 0.644. The first-order valence-electron chi connectivity index (χ1n) is 3.69. The zero-order valence-corrected chi connectivity index (χ0v) is 9.79. The minimum absolute atomic E-state index is 1.00. The first-order valence-corrected chi connectivity index (χ1v) is 5.10. The molecule has 0 aromatic heterocycles. The predicted molar refractivity (Wildman–Crippen MR) is 44.7 cm³/mol. The Morgan fingerprint density at radius 1 is 0.938 bits per heavy atom. The highest BCUT2D eigenvalue weighted by Crippen LogP contribution is 2.38. The molecule has 0 bridgehead atoms. The predicted octanol–water partition coefficient (Wildman–Crippen LogP) is 1.01. The monoisotopic (exact) mass is 273 g/mol. The highest BCUT2D eigenvalue weighted by molar-refractivity contribution is 7.86. The van der Waals surface area contributed by atoms with E-state index in [9.17, 15) is 34.9 Å². The summed E-state index contributed by atoms with van der Waals surface area (Å²) in [4.78, 5) is 0. The van der Waals surface area contributed by atoms with E-state index in [-0.39, 0.29) is 0 Å². The average Bonchev–Trinajstić information content (AvgIpc) is 1.76. The average molecular weight is 273 g/mol. The van der Waals surface area contributed by atoms with E-state index in [1.165, 1.54) is 0 Å². The van der Waals surface area contributed by atoms with Crippen LogP contribution in [0.25, 0.3) is 0 Å². The maximum absolute atomic E-state index is 11.4. The molecule has 0 spiro atoms. The number of rotatable bonds is 1. The summed E-state index contributed by atoms with van der Waals surface area (Å²) in [5, 5.41) is -6.21. The molecule has 0 aliphatic heterocycles. The molecule has 16 heavy (non-hydrogen) atoms. The summed E-state index contributed by atoms with van der Waals surface area (Å²) in [7, 11) is 1.83. The van der Waals surface area contributed by atoms with Crippen molar-refractivity contribution in [3.8, 4) is 0 Å². The van der Waals surface area contributed by atoms with Gasteiger partial charge in [-0.05, 0) is 0 Å². The minimum atomic E-state index is -6.67. The highest BCUT2D eigenvalue weighted by Gasteiger charge is 2.63. The van der Waals surface area contributed by atoms with Crippen molar-refractivity contribution in [2.75, 3.05) is 28.2 Å². The summed E-state index contributed by atoms with van der Waals surface area (Å²) in [6, 6.07) is 0. The van der Waals surface area contributed by atoms with E-state index in [4.69, 9.17) is 0 Å². The topological polar surface area (TPSA) is 57.2 Å². The van der Waals surface area contributed by atoms with Crippen molar-refractivity contribution >= 4 is 10.1 Å². The standard InChI is InChI=1S/C4H12N.C2HF5O3S/c1-5(2,3)4;3-1(4,5)2(6,7)11(8,9)10/h1-4H3;(H,8,9,10)/q+1;/p-1. The molecule has 0 fully saturated rings. The number of nitrogens with zero attached hydrogens (tertiary/aromatic N) is 1. The van der Waals surface area contributed by atoms with Gasteiger partial charge >= 0.3 is 11.4 Å². The summed E-state index contributed by atoms with van der Waals surface area (Å²) in [6.07, 6.45) is -6.35. The molecular formula is C6H12F5NO3S. The number of alkyl halides is 5. The minimum Gasteiger partial charge on any atom is -0.743 e. The lowest BCUT2D eigenvalue weighted by atomic mass is 10.7. The van der Waals surface area contributed by atoms with Gasteiger partial charge in [-0.3, -0.25) is 0 Å². The Morgan fingerprint density at radius 3 is 1.12 bits per heavy atom. The molecule has 0 amide bonds. The summed E-state index contributed by atoms with van der Waals surface area (Å²) in [5.74, 6) is 0. The molecule has 0 saturated heterocycles. The van der Waals surface area contributed by atoms with Gasteiger partial charge in [0.15, 0.2) is 10.1 Å². The first kappa shape index (κ1) is 17.9. The van der Waals surface area contributed by atoms with Crippen LogP contribution in [0.5, 0.6) is 0 Å². The molecule has 0 heterocycles. The third-order valence-corrected chi connectivity index (χ3v) is 1.50. The lowest BCUT2D eigenvalue weighted by molar-refractivity contribution is -0.849. The molecule has 0 unspecified atom stereocenters. The van der Waals surface area contributed by atoms with Crippen LogP contribution in [0.4, 0.5) is 22.0 Å². The van der Waals surface area contributed by atoms with Crippen LogP contribution in [0.1, 0.15) is 0 Å². The Labute approximate surface area is 90.0 Å². The molecule has 0 aromatic carbocycles. The molecule has 0 atom stereocenters. The SMILES string of the molecule is C[N+](C)(C)C.O=S(=O)([O-])C(F)(F)C(F)(F)F. The van der Waals surface area contributed by atoms with Gasteiger partial charge < -0.3 is 9.04 Å². The number of quaternary nitrogens is 1. The molecule has 0 aliphatic carbocycles. The molecule has 10 heteroatoms. The zero-order valence-electron chi connectivity index (χ0n) is 8.97. The van der Waals surface area contributed by atoms with Crippen LogP contribution in [-0.2, 0) is 10.1 Å². The van der Waals surface area contributed by atoms with E-state index in [1.807, 2.05) is 0 Å². The molecule has 4 nitrogen and oxygen atoms in total. The second kappa shape index (κ2) is 4.80. The fraction of sp³-hybridized carbons (Fsp3) is 1.00. The molecule has 0 aromatic rings. The first-order chi connectivity index (χ1) is 6.50. The Balaban J connectivity index is 0. The number of halogens is 5. The van der Waals surface area contributed by atoms with Gasteiger partial charge in [0, 0.05) is 0 Å². The van der Waals surface area contributed by atoms with E-state index >= 15 is 0 Å². The summed E-state index contributed by atoms with van der Waals surface area (Å²) in [5.41, 5.74) is 0. The van der Waals surface area contributed by atoms with Gasteiger partial charge in [0.1, 0.15) is 0 Å². The van der Waals surface area contributed by atoms with E-state index in [0.717, 1.165) is 4.48 Å². The molecule has 0 aliphatic rings. The van der Waals surface area contributed by atoms with E-state index in [1.54, 1.807) is 0 Å².